The second-order valence-electron chi connectivity index (χ2n) is 8.52. The van der Waals surface area contributed by atoms with Gasteiger partial charge < -0.3 is 23.6 Å². The van der Waals surface area contributed by atoms with Crippen LogP contribution in [0.15, 0.2) is 53.1 Å². The minimum atomic E-state index is -0.115. The molecule has 2 aromatic carbocycles. The van der Waals surface area contributed by atoms with Crippen LogP contribution in [-0.4, -0.2) is 55.0 Å². The Morgan fingerprint density at radius 1 is 1.03 bits per heavy atom. The molecule has 0 radical (unpaired) electrons. The van der Waals surface area contributed by atoms with E-state index in [1.807, 2.05) is 55.5 Å². The van der Waals surface area contributed by atoms with E-state index in [0.717, 1.165) is 35.1 Å². The Kier molecular flexibility index (Phi) is 6.71. The number of hydrogen-bond acceptors (Lipinski definition) is 9. The third-order valence-corrected chi connectivity index (χ3v) is 6.44. The highest BCUT2D eigenvalue weighted by atomic mass is 16.5. The highest BCUT2D eigenvalue weighted by Crippen LogP contribution is 2.38. The fraction of sp³-hybridized carbons (Fsp3) is 0.333. The van der Waals surface area contributed by atoms with Crippen LogP contribution in [0.1, 0.15) is 19.8 Å². The molecule has 36 heavy (non-hydrogen) atoms. The van der Waals surface area contributed by atoms with Crippen molar-refractivity contribution in [1.82, 2.24) is 15.1 Å². The van der Waals surface area contributed by atoms with Crippen LogP contribution in [0.3, 0.4) is 0 Å². The molecule has 0 spiro atoms. The first kappa shape index (κ1) is 23.6. The molecule has 9 heteroatoms. The number of para-hydroxylation sites is 2. The minimum Gasteiger partial charge on any atom is -0.493 e. The molecular formula is C27H28N4O5. The van der Waals surface area contributed by atoms with Gasteiger partial charge in [0.2, 0.25) is 5.82 Å². The molecule has 0 bridgehead atoms. The van der Waals surface area contributed by atoms with Crippen molar-refractivity contribution in [3.63, 3.8) is 0 Å². The molecule has 0 aliphatic carbocycles. The Balaban J connectivity index is 1.49. The first-order valence-electron chi connectivity index (χ1n) is 12.0. The molecule has 0 N–H and O–H groups in total. The first-order valence-corrected chi connectivity index (χ1v) is 12.0. The van der Waals surface area contributed by atoms with Gasteiger partial charge in [-0.05, 0) is 44.0 Å². The molecular weight excluding hydrogens is 460 g/mol. The van der Waals surface area contributed by atoms with Gasteiger partial charge in [-0.25, -0.2) is 4.98 Å². The zero-order valence-corrected chi connectivity index (χ0v) is 20.6. The van der Waals surface area contributed by atoms with Crippen LogP contribution < -0.4 is 14.4 Å². The average Bonchev–Trinajstić information content (AvgIpc) is 3.42. The van der Waals surface area contributed by atoms with Gasteiger partial charge in [0.25, 0.3) is 5.89 Å². The van der Waals surface area contributed by atoms with E-state index in [0.29, 0.717) is 48.5 Å². The highest BCUT2D eigenvalue weighted by molar-refractivity contribution is 5.94. The molecule has 186 valence electrons. The zero-order valence-electron chi connectivity index (χ0n) is 20.6. The van der Waals surface area contributed by atoms with Gasteiger partial charge in [-0.3, -0.25) is 4.79 Å². The van der Waals surface area contributed by atoms with Crippen LogP contribution in [0.25, 0.3) is 33.7 Å². The van der Waals surface area contributed by atoms with Crippen LogP contribution in [-0.2, 0) is 9.53 Å². The number of esters is 1. The van der Waals surface area contributed by atoms with Crippen LogP contribution in [0.2, 0.25) is 0 Å². The summed E-state index contributed by atoms with van der Waals surface area (Å²) in [5.41, 5.74) is 2.30. The van der Waals surface area contributed by atoms with Gasteiger partial charge in [0.05, 0.1) is 43.4 Å². The summed E-state index contributed by atoms with van der Waals surface area (Å²) in [6, 6.07) is 15.4. The molecule has 1 aliphatic heterocycles. The van der Waals surface area contributed by atoms with Gasteiger partial charge in [0, 0.05) is 18.5 Å². The molecule has 1 fully saturated rings. The van der Waals surface area contributed by atoms with Gasteiger partial charge in [0.15, 0.2) is 11.5 Å². The number of carbonyl (C=O) groups is 1. The Bertz CT molecular complexity index is 1380. The largest absolute Gasteiger partial charge is 0.493 e. The Morgan fingerprint density at radius 3 is 2.58 bits per heavy atom. The lowest BCUT2D eigenvalue weighted by molar-refractivity contribution is -0.148. The first-order chi connectivity index (χ1) is 17.6. The summed E-state index contributed by atoms with van der Waals surface area (Å²) in [5, 5.41) is 5.15. The van der Waals surface area contributed by atoms with Crippen molar-refractivity contribution in [1.29, 1.82) is 0 Å². The summed E-state index contributed by atoms with van der Waals surface area (Å²) >= 11 is 0. The Morgan fingerprint density at radius 2 is 1.83 bits per heavy atom. The van der Waals surface area contributed by atoms with E-state index in [1.165, 1.54) is 0 Å². The van der Waals surface area contributed by atoms with Crippen LogP contribution in [0.5, 0.6) is 11.5 Å². The molecule has 4 aromatic rings. The molecule has 0 unspecified atom stereocenters. The van der Waals surface area contributed by atoms with Gasteiger partial charge in [-0.15, -0.1) is 0 Å². The fourth-order valence-corrected chi connectivity index (χ4v) is 4.61. The third kappa shape index (κ3) is 4.44. The van der Waals surface area contributed by atoms with Gasteiger partial charge in [0.1, 0.15) is 5.82 Å². The highest BCUT2D eigenvalue weighted by Gasteiger charge is 2.27. The number of nitrogens with zero attached hydrogens (tertiary/aromatic N) is 4. The number of pyridine rings is 1. The Hall–Kier alpha value is -4.14. The molecule has 3 heterocycles. The number of rotatable bonds is 7. The number of methoxy groups -OCH3 is 2. The number of aromatic nitrogens is 3. The topological polar surface area (TPSA) is 99.8 Å². The van der Waals surface area contributed by atoms with Gasteiger partial charge >= 0.3 is 5.97 Å². The van der Waals surface area contributed by atoms with Gasteiger partial charge in [-0.2, -0.15) is 4.98 Å². The number of hydrogen-bond donors (Lipinski definition) is 0. The number of anilines is 1. The van der Waals surface area contributed by atoms with Crippen molar-refractivity contribution in [2.75, 3.05) is 38.8 Å². The van der Waals surface area contributed by atoms with E-state index in [1.54, 1.807) is 14.2 Å². The normalized spacial score (nSPS) is 14.1. The molecule has 0 amide bonds. The summed E-state index contributed by atoms with van der Waals surface area (Å²) in [6.07, 6.45) is 1.45. The summed E-state index contributed by atoms with van der Waals surface area (Å²) in [6.45, 7) is 3.66. The summed E-state index contributed by atoms with van der Waals surface area (Å²) in [5.74, 6) is 2.54. The molecule has 0 saturated carbocycles. The molecule has 0 atom stereocenters. The lowest BCUT2D eigenvalue weighted by atomic mass is 9.97. The fourth-order valence-electron chi connectivity index (χ4n) is 4.61. The Labute approximate surface area is 209 Å². The number of fused-ring (bicyclic) bond motifs is 1. The predicted octanol–water partition coefficient (Wildman–Crippen LogP) is 4.75. The summed E-state index contributed by atoms with van der Waals surface area (Å²) in [4.78, 5) is 23.9. The monoisotopic (exact) mass is 488 g/mol. The lowest BCUT2D eigenvalue weighted by Crippen LogP contribution is -2.37. The number of piperidine rings is 1. The molecule has 1 saturated heterocycles. The van der Waals surface area contributed by atoms with E-state index in [-0.39, 0.29) is 11.9 Å². The lowest BCUT2D eigenvalue weighted by Gasteiger charge is -2.32. The number of carbonyl (C=O) groups excluding carboxylic acids is 1. The van der Waals surface area contributed by atoms with Crippen LogP contribution in [0.4, 0.5) is 5.82 Å². The zero-order chi connectivity index (χ0) is 25.1. The molecule has 5 rings (SSSR count). The van der Waals surface area contributed by atoms with Crippen molar-refractivity contribution < 1.29 is 23.5 Å². The SMILES string of the molecule is CCOC(=O)C1CCN(c2cc(-c3nc(-c4cccc(OC)c4OC)no3)c3ccccc3n2)CC1. The maximum atomic E-state index is 12.2. The second-order valence-corrected chi connectivity index (χ2v) is 8.52. The molecule has 2 aromatic heterocycles. The van der Waals surface area contributed by atoms with Crippen LogP contribution >= 0.6 is 0 Å². The van der Waals surface area contributed by atoms with Crippen LogP contribution in [0, 0.1) is 5.92 Å². The minimum absolute atomic E-state index is 0.0718. The number of benzene rings is 2. The quantitative estimate of drug-likeness (QED) is 0.341. The van der Waals surface area contributed by atoms with Crippen molar-refractivity contribution in [2.45, 2.75) is 19.8 Å². The van der Waals surface area contributed by atoms with E-state index in [4.69, 9.17) is 28.7 Å². The van der Waals surface area contributed by atoms with Crippen molar-refractivity contribution in [3.8, 4) is 34.3 Å². The average molecular weight is 489 g/mol. The molecule has 1 aliphatic rings. The standard InChI is InChI=1S/C27H28N4O5/c1-4-35-27(32)17-12-14-31(15-13-17)23-16-20(18-8-5-6-10-21(18)28-23)26-29-25(30-36-26)19-9-7-11-22(33-2)24(19)34-3/h5-11,16-17H,4,12-15H2,1-3H3. The predicted molar refractivity (Wildman–Crippen MR) is 135 cm³/mol. The van der Waals surface area contributed by atoms with Crippen molar-refractivity contribution >= 4 is 22.7 Å². The van der Waals surface area contributed by atoms with Gasteiger partial charge in [-0.1, -0.05) is 29.4 Å². The van der Waals surface area contributed by atoms with Crippen molar-refractivity contribution in [3.05, 3.63) is 48.5 Å². The van der Waals surface area contributed by atoms with E-state index >= 15 is 0 Å². The second kappa shape index (κ2) is 10.2. The maximum Gasteiger partial charge on any atom is 0.309 e. The van der Waals surface area contributed by atoms with Crippen molar-refractivity contribution in [2.24, 2.45) is 5.92 Å². The summed E-state index contributed by atoms with van der Waals surface area (Å²) < 4.78 is 21.9. The van der Waals surface area contributed by atoms with E-state index < -0.39 is 0 Å². The van der Waals surface area contributed by atoms with E-state index in [9.17, 15) is 4.79 Å². The number of ether oxygens (including phenoxy) is 3. The molecule has 9 nitrogen and oxygen atoms in total. The van der Waals surface area contributed by atoms with E-state index in [2.05, 4.69) is 10.1 Å². The third-order valence-electron chi connectivity index (χ3n) is 6.44. The maximum absolute atomic E-state index is 12.2. The summed E-state index contributed by atoms with van der Waals surface area (Å²) in [7, 11) is 3.17. The smallest absolute Gasteiger partial charge is 0.309 e.